The van der Waals surface area contributed by atoms with Gasteiger partial charge in [0.2, 0.25) is 0 Å². The minimum atomic E-state index is -0.0616. The summed E-state index contributed by atoms with van der Waals surface area (Å²) in [6, 6.07) is 7.59. The second-order valence-corrected chi connectivity index (χ2v) is 6.78. The smallest absolute Gasteiger partial charge is 0.0701 e. The Morgan fingerprint density at radius 1 is 1.35 bits per heavy atom. The first-order valence-corrected chi connectivity index (χ1v) is 7.43. The van der Waals surface area contributed by atoms with E-state index in [0.29, 0.717) is 16.5 Å². The van der Waals surface area contributed by atoms with Crippen molar-refractivity contribution in [3.8, 4) is 0 Å². The quantitative estimate of drug-likeness (QED) is 0.822. The van der Waals surface area contributed by atoms with Crippen LogP contribution in [0.15, 0.2) is 33.4 Å². The molecule has 1 aromatic heterocycles. The van der Waals surface area contributed by atoms with Crippen LogP contribution in [0.3, 0.4) is 0 Å². The lowest BCUT2D eigenvalue weighted by Gasteiger charge is -2.11. The van der Waals surface area contributed by atoms with Crippen molar-refractivity contribution in [2.24, 2.45) is 5.73 Å². The molecule has 0 bridgehead atoms. The number of nitrogens with two attached hydrogens (primary N) is 1. The first-order chi connectivity index (χ1) is 8.08. The van der Waals surface area contributed by atoms with Crippen molar-refractivity contribution in [1.29, 1.82) is 0 Å². The summed E-state index contributed by atoms with van der Waals surface area (Å²) in [5.41, 5.74) is 8.23. The van der Waals surface area contributed by atoms with Crippen LogP contribution in [0.4, 0.5) is 0 Å². The number of hydrogen-bond donors (Lipinski definition) is 1. The van der Waals surface area contributed by atoms with Crippen LogP contribution in [0.2, 0.25) is 10.0 Å². The molecule has 0 saturated carbocycles. The Hall–Kier alpha value is -0.0600. The normalized spacial score (nSPS) is 12.7. The molecule has 0 aliphatic rings. The molecule has 1 atom stereocenters. The molecule has 0 spiro atoms. The van der Waals surface area contributed by atoms with Crippen LogP contribution in [-0.4, -0.2) is 0 Å². The molecule has 0 aliphatic heterocycles. The summed E-state index contributed by atoms with van der Waals surface area (Å²) >= 11 is 17.2. The molecule has 17 heavy (non-hydrogen) atoms. The maximum absolute atomic E-state index is 6.14. The van der Waals surface area contributed by atoms with Gasteiger partial charge in [-0.2, -0.15) is 0 Å². The lowest BCUT2D eigenvalue weighted by molar-refractivity contribution is 0.725. The standard InChI is InChI=1S/C12H10BrCl2NS/c13-11-5-8(6-17-11)10(16)4-7-2-1-3-9(14)12(7)15/h1-3,5-6,10H,4,16H2. The van der Waals surface area contributed by atoms with Crippen LogP contribution >= 0.6 is 50.5 Å². The van der Waals surface area contributed by atoms with Crippen LogP contribution in [0.5, 0.6) is 0 Å². The van der Waals surface area contributed by atoms with Crippen molar-refractivity contribution in [3.05, 3.63) is 54.6 Å². The Balaban J connectivity index is 2.18. The van der Waals surface area contributed by atoms with Crippen LogP contribution in [0.1, 0.15) is 17.2 Å². The Bertz CT molecular complexity index is 527. The van der Waals surface area contributed by atoms with Gasteiger partial charge < -0.3 is 5.73 Å². The first-order valence-electron chi connectivity index (χ1n) is 5.00. The van der Waals surface area contributed by atoms with E-state index in [-0.39, 0.29) is 6.04 Å². The van der Waals surface area contributed by atoms with Gasteiger partial charge in [-0.1, -0.05) is 35.3 Å². The van der Waals surface area contributed by atoms with Gasteiger partial charge in [0.15, 0.2) is 0 Å². The van der Waals surface area contributed by atoms with Crippen molar-refractivity contribution in [3.63, 3.8) is 0 Å². The average Bonchev–Trinajstić information content (AvgIpc) is 2.72. The van der Waals surface area contributed by atoms with Crippen molar-refractivity contribution in [2.45, 2.75) is 12.5 Å². The highest BCUT2D eigenvalue weighted by atomic mass is 79.9. The van der Waals surface area contributed by atoms with E-state index in [4.69, 9.17) is 28.9 Å². The summed E-state index contributed by atoms with van der Waals surface area (Å²) < 4.78 is 1.08. The summed E-state index contributed by atoms with van der Waals surface area (Å²) in [5, 5.41) is 3.22. The van der Waals surface area contributed by atoms with Crippen molar-refractivity contribution >= 4 is 50.5 Å². The molecule has 1 aromatic carbocycles. The molecule has 0 radical (unpaired) electrons. The van der Waals surface area contributed by atoms with Gasteiger partial charge in [-0.15, -0.1) is 11.3 Å². The highest BCUT2D eigenvalue weighted by molar-refractivity contribution is 9.11. The molecular weight excluding hydrogens is 341 g/mol. The molecule has 90 valence electrons. The summed E-state index contributed by atoms with van der Waals surface area (Å²) in [5.74, 6) is 0. The molecule has 1 heterocycles. The zero-order valence-electron chi connectivity index (χ0n) is 8.79. The Labute approximate surface area is 123 Å². The third-order valence-electron chi connectivity index (χ3n) is 2.49. The number of halogens is 3. The molecule has 1 nitrogen and oxygen atoms in total. The van der Waals surface area contributed by atoms with E-state index in [9.17, 15) is 0 Å². The SMILES string of the molecule is NC(Cc1cccc(Cl)c1Cl)c1csc(Br)c1. The molecule has 5 heteroatoms. The second-order valence-electron chi connectivity index (χ2n) is 3.71. The van der Waals surface area contributed by atoms with E-state index in [1.807, 2.05) is 23.6 Å². The van der Waals surface area contributed by atoms with Crippen LogP contribution in [-0.2, 0) is 6.42 Å². The number of thiophene rings is 1. The van der Waals surface area contributed by atoms with E-state index in [1.54, 1.807) is 17.4 Å². The predicted octanol–water partition coefficient (Wildman–Crippen LogP) is 5.06. The fourth-order valence-corrected chi connectivity index (χ4v) is 3.22. The van der Waals surface area contributed by atoms with Crippen molar-refractivity contribution in [1.82, 2.24) is 0 Å². The Morgan fingerprint density at radius 2 is 2.12 bits per heavy atom. The second kappa shape index (κ2) is 5.72. The van der Waals surface area contributed by atoms with Crippen LogP contribution in [0.25, 0.3) is 0 Å². The van der Waals surface area contributed by atoms with Crippen LogP contribution < -0.4 is 5.73 Å². The van der Waals surface area contributed by atoms with Gasteiger partial charge in [0.25, 0.3) is 0 Å². The summed E-state index contributed by atoms with van der Waals surface area (Å²) in [4.78, 5) is 0. The molecule has 0 fully saturated rings. The molecule has 2 aromatic rings. The molecule has 1 unspecified atom stereocenters. The minimum absolute atomic E-state index is 0.0616. The van der Waals surface area contributed by atoms with Gasteiger partial charge in [0.05, 0.1) is 13.8 Å². The van der Waals surface area contributed by atoms with Gasteiger partial charge in [-0.25, -0.2) is 0 Å². The largest absolute Gasteiger partial charge is 0.324 e. The first kappa shape index (κ1) is 13.4. The van der Waals surface area contributed by atoms with Crippen LogP contribution in [0, 0.1) is 0 Å². The van der Waals surface area contributed by atoms with Gasteiger partial charge in [-0.05, 0) is 51.0 Å². The third kappa shape index (κ3) is 3.24. The monoisotopic (exact) mass is 349 g/mol. The zero-order chi connectivity index (χ0) is 12.4. The van der Waals surface area contributed by atoms with E-state index in [0.717, 1.165) is 14.9 Å². The zero-order valence-corrected chi connectivity index (χ0v) is 12.7. The maximum atomic E-state index is 6.14. The highest BCUT2D eigenvalue weighted by Gasteiger charge is 2.12. The molecule has 0 aliphatic carbocycles. The summed E-state index contributed by atoms with van der Waals surface area (Å²) in [6.45, 7) is 0. The number of rotatable bonds is 3. The lowest BCUT2D eigenvalue weighted by Crippen LogP contribution is -2.12. The fraction of sp³-hybridized carbons (Fsp3) is 0.167. The molecule has 0 amide bonds. The van der Waals surface area contributed by atoms with Gasteiger partial charge >= 0.3 is 0 Å². The fourth-order valence-electron chi connectivity index (χ4n) is 1.58. The predicted molar refractivity (Wildman–Crippen MR) is 79.1 cm³/mol. The molecule has 0 saturated heterocycles. The maximum Gasteiger partial charge on any atom is 0.0701 e. The number of benzene rings is 1. The van der Waals surface area contributed by atoms with Crippen molar-refractivity contribution in [2.75, 3.05) is 0 Å². The van der Waals surface area contributed by atoms with Gasteiger partial charge in [-0.3, -0.25) is 0 Å². The molecule has 2 N–H and O–H groups in total. The van der Waals surface area contributed by atoms with E-state index in [1.165, 1.54) is 0 Å². The summed E-state index contributed by atoms with van der Waals surface area (Å²) in [6.07, 6.45) is 0.683. The molecular formula is C12H10BrCl2NS. The Kier molecular flexibility index (Phi) is 4.50. The topological polar surface area (TPSA) is 26.0 Å². The average molecular weight is 351 g/mol. The van der Waals surface area contributed by atoms with E-state index < -0.39 is 0 Å². The van der Waals surface area contributed by atoms with Gasteiger partial charge in [0, 0.05) is 6.04 Å². The van der Waals surface area contributed by atoms with Crippen molar-refractivity contribution < 1.29 is 0 Å². The Morgan fingerprint density at radius 3 is 2.76 bits per heavy atom. The molecule has 2 rings (SSSR count). The summed E-state index contributed by atoms with van der Waals surface area (Å²) in [7, 11) is 0. The highest BCUT2D eigenvalue weighted by Crippen LogP contribution is 2.30. The third-order valence-corrected chi connectivity index (χ3v) is 4.87. The lowest BCUT2D eigenvalue weighted by atomic mass is 10.0. The van der Waals surface area contributed by atoms with E-state index >= 15 is 0 Å². The van der Waals surface area contributed by atoms with E-state index in [2.05, 4.69) is 15.9 Å². The van der Waals surface area contributed by atoms with Gasteiger partial charge in [0.1, 0.15) is 0 Å². The minimum Gasteiger partial charge on any atom is -0.324 e. The number of hydrogen-bond acceptors (Lipinski definition) is 2.